The Morgan fingerprint density at radius 3 is 2.65 bits per heavy atom. The van der Waals surface area contributed by atoms with Crippen LogP contribution in [0, 0.1) is 0 Å². The lowest BCUT2D eigenvalue weighted by molar-refractivity contribution is -0.129. The summed E-state index contributed by atoms with van der Waals surface area (Å²) in [4.78, 5) is 26.1. The lowest BCUT2D eigenvalue weighted by Gasteiger charge is -2.15. The van der Waals surface area contributed by atoms with E-state index in [0.29, 0.717) is 12.1 Å². The molecule has 1 unspecified atom stereocenters. The monoisotopic (exact) mass is 269 g/mol. The number of carbonyl (C=O) groups is 2. The van der Waals surface area contributed by atoms with Crippen molar-refractivity contribution in [2.45, 2.75) is 12.5 Å². The maximum Gasteiger partial charge on any atom is 0.238 e. The fourth-order valence-electron chi connectivity index (χ4n) is 2.53. The summed E-state index contributed by atoms with van der Waals surface area (Å²) in [6.07, 6.45) is 3.32. The van der Waals surface area contributed by atoms with Gasteiger partial charge in [0.25, 0.3) is 0 Å². The molecule has 3 rings (SSSR count). The summed E-state index contributed by atoms with van der Waals surface area (Å²) in [6.45, 7) is 0.648. The van der Waals surface area contributed by atoms with Crippen LogP contribution in [0.15, 0.2) is 42.7 Å². The van der Waals surface area contributed by atoms with Crippen molar-refractivity contribution >= 4 is 11.7 Å². The molecule has 1 aromatic heterocycles. The summed E-state index contributed by atoms with van der Waals surface area (Å²) in [5, 5.41) is 4.03. The number of aromatic nitrogens is 2. The number of nitrogens with zero attached hydrogens (tertiary/aromatic N) is 3. The Kier molecular flexibility index (Phi) is 3.10. The van der Waals surface area contributed by atoms with Gasteiger partial charge in [0.05, 0.1) is 12.7 Å². The third-order valence-corrected chi connectivity index (χ3v) is 3.50. The average molecular weight is 269 g/mol. The Labute approximate surface area is 116 Å². The van der Waals surface area contributed by atoms with Gasteiger partial charge in [-0.2, -0.15) is 5.10 Å². The molecule has 5 nitrogen and oxygen atoms in total. The van der Waals surface area contributed by atoms with Crippen LogP contribution in [0.4, 0.5) is 0 Å². The van der Waals surface area contributed by atoms with Crippen LogP contribution in [0.25, 0.3) is 0 Å². The van der Waals surface area contributed by atoms with Crippen LogP contribution in [0.2, 0.25) is 0 Å². The van der Waals surface area contributed by atoms with Crippen LogP contribution >= 0.6 is 0 Å². The molecular formula is C15H15N3O2. The molecular weight excluding hydrogens is 254 g/mol. The maximum absolute atomic E-state index is 12.4. The van der Waals surface area contributed by atoms with Gasteiger partial charge in [-0.25, -0.2) is 0 Å². The quantitative estimate of drug-likeness (QED) is 0.784. The van der Waals surface area contributed by atoms with Gasteiger partial charge in [0.15, 0.2) is 5.78 Å². The van der Waals surface area contributed by atoms with E-state index >= 15 is 0 Å². The smallest absolute Gasteiger partial charge is 0.238 e. The zero-order chi connectivity index (χ0) is 14.1. The first-order chi connectivity index (χ1) is 9.65. The van der Waals surface area contributed by atoms with Crippen molar-refractivity contribution in [2.75, 3.05) is 6.54 Å². The van der Waals surface area contributed by atoms with E-state index in [9.17, 15) is 9.59 Å². The fourth-order valence-corrected chi connectivity index (χ4v) is 2.53. The van der Waals surface area contributed by atoms with E-state index < -0.39 is 5.92 Å². The molecule has 1 aliphatic rings. The topological polar surface area (TPSA) is 55.2 Å². The standard InChI is InChI=1S/C15H15N3O2/c1-17-9-12(7-16-17)14-13(19)10-18(15(14)20)8-11-5-3-2-4-6-11/h2-7,9,14H,8,10H2,1H3. The van der Waals surface area contributed by atoms with E-state index in [0.717, 1.165) is 5.56 Å². The van der Waals surface area contributed by atoms with Crippen LogP contribution in [0.1, 0.15) is 17.0 Å². The van der Waals surface area contributed by atoms with Crippen molar-refractivity contribution in [3.63, 3.8) is 0 Å². The van der Waals surface area contributed by atoms with Gasteiger partial charge in [0.1, 0.15) is 5.92 Å². The summed E-state index contributed by atoms with van der Waals surface area (Å²) in [6, 6.07) is 9.69. The molecule has 0 aliphatic carbocycles. The Morgan fingerprint density at radius 1 is 1.25 bits per heavy atom. The van der Waals surface area contributed by atoms with Crippen LogP contribution in [-0.4, -0.2) is 32.9 Å². The predicted octanol–water partition coefficient (Wildman–Crippen LogP) is 1.12. The van der Waals surface area contributed by atoms with Gasteiger partial charge >= 0.3 is 0 Å². The number of likely N-dealkylation sites (tertiary alicyclic amines) is 1. The van der Waals surface area contributed by atoms with Gasteiger partial charge in [-0.15, -0.1) is 0 Å². The normalized spacial score (nSPS) is 18.9. The minimum Gasteiger partial charge on any atom is -0.330 e. The summed E-state index contributed by atoms with van der Waals surface area (Å²) >= 11 is 0. The summed E-state index contributed by atoms with van der Waals surface area (Å²) in [5.41, 5.74) is 1.71. The molecule has 1 aromatic carbocycles. The summed E-state index contributed by atoms with van der Waals surface area (Å²) in [7, 11) is 1.77. The molecule has 1 atom stereocenters. The number of carbonyl (C=O) groups excluding carboxylic acids is 2. The fraction of sp³-hybridized carbons (Fsp3) is 0.267. The van der Waals surface area contributed by atoms with E-state index in [-0.39, 0.29) is 18.2 Å². The zero-order valence-electron chi connectivity index (χ0n) is 11.2. The highest BCUT2D eigenvalue weighted by atomic mass is 16.2. The van der Waals surface area contributed by atoms with Crippen LogP contribution in [-0.2, 0) is 23.2 Å². The van der Waals surface area contributed by atoms with Crippen molar-refractivity contribution < 1.29 is 9.59 Å². The Hall–Kier alpha value is -2.43. The number of amides is 1. The van der Waals surface area contributed by atoms with Crippen molar-refractivity contribution in [1.29, 1.82) is 0 Å². The number of benzene rings is 1. The molecule has 5 heteroatoms. The second kappa shape index (κ2) is 4.92. The molecule has 1 amide bonds. The van der Waals surface area contributed by atoms with E-state index in [1.807, 2.05) is 30.3 Å². The van der Waals surface area contributed by atoms with Crippen LogP contribution in [0.3, 0.4) is 0 Å². The number of rotatable bonds is 3. The number of aryl methyl sites for hydroxylation is 1. The van der Waals surface area contributed by atoms with Crippen molar-refractivity contribution in [2.24, 2.45) is 7.05 Å². The number of hydrogen-bond acceptors (Lipinski definition) is 3. The SMILES string of the molecule is Cn1cc(C2C(=O)CN(Cc3ccccc3)C2=O)cn1. The lowest BCUT2D eigenvalue weighted by atomic mass is 10.0. The Balaban J connectivity index is 1.80. The van der Waals surface area contributed by atoms with Gasteiger partial charge in [-0.3, -0.25) is 14.3 Å². The zero-order valence-corrected chi connectivity index (χ0v) is 11.2. The van der Waals surface area contributed by atoms with E-state index in [1.165, 1.54) is 0 Å². The van der Waals surface area contributed by atoms with E-state index in [1.54, 1.807) is 29.0 Å². The molecule has 1 saturated heterocycles. The van der Waals surface area contributed by atoms with E-state index in [2.05, 4.69) is 5.10 Å². The lowest BCUT2D eigenvalue weighted by Crippen LogP contribution is -2.26. The van der Waals surface area contributed by atoms with Crippen molar-refractivity contribution in [1.82, 2.24) is 14.7 Å². The van der Waals surface area contributed by atoms with Gasteiger partial charge < -0.3 is 4.90 Å². The van der Waals surface area contributed by atoms with Crippen LogP contribution < -0.4 is 0 Å². The summed E-state index contributed by atoms with van der Waals surface area (Å²) < 4.78 is 1.61. The van der Waals surface area contributed by atoms with Crippen LogP contribution in [0.5, 0.6) is 0 Å². The van der Waals surface area contributed by atoms with Gasteiger partial charge in [0.2, 0.25) is 5.91 Å². The second-order valence-corrected chi connectivity index (χ2v) is 5.03. The molecule has 0 bridgehead atoms. The molecule has 0 saturated carbocycles. The first-order valence-electron chi connectivity index (χ1n) is 6.49. The number of hydrogen-bond donors (Lipinski definition) is 0. The Bertz CT molecular complexity index is 648. The largest absolute Gasteiger partial charge is 0.330 e. The number of ketones is 1. The predicted molar refractivity (Wildman–Crippen MR) is 72.8 cm³/mol. The molecule has 102 valence electrons. The van der Waals surface area contributed by atoms with Gasteiger partial charge in [-0.1, -0.05) is 30.3 Å². The maximum atomic E-state index is 12.4. The molecule has 1 fully saturated rings. The molecule has 20 heavy (non-hydrogen) atoms. The molecule has 0 radical (unpaired) electrons. The minimum absolute atomic E-state index is 0.0565. The van der Waals surface area contributed by atoms with Crippen molar-refractivity contribution in [3.05, 3.63) is 53.9 Å². The molecule has 0 spiro atoms. The highest BCUT2D eigenvalue weighted by molar-refractivity contribution is 6.12. The first kappa shape index (κ1) is 12.6. The Morgan fingerprint density at radius 2 is 2.00 bits per heavy atom. The van der Waals surface area contributed by atoms with Crippen molar-refractivity contribution in [3.8, 4) is 0 Å². The highest BCUT2D eigenvalue weighted by Gasteiger charge is 2.40. The first-order valence-corrected chi connectivity index (χ1v) is 6.49. The molecule has 1 aliphatic heterocycles. The molecule has 2 heterocycles. The van der Waals surface area contributed by atoms with E-state index in [4.69, 9.17) is 0 Å². The third-order valence-electron chi connectivity index (χ3n) is 3.50. The average Bonchev–Trinajstić information content (AvgIpc) is 2.96. The van der Waals surface area contributed by atoms with Gasteiger partial charge in [0, 0.05) is 25.4 Å². The third kappa shape index (κ3) is 2.22. The molecule has 2 aromatic rings. The minimum atomic E-state index is -0.688. The molecule has 0 N–H and O–H groups in total. The summed E-state index contributed by atoms with van der Waals surface area (Å²) in [5.74, 6) is -0.877. The van der Waals surface area contributed by atoms with Gasteiger partial charge in [-0.05, 0) is 5.56 Å². The second-order valence-electron chi connectivity index (χ2n) is 5.03. The number of Topliss-reactive ketones (excluding diaryl/α,β-unsaturated/α-hetero) is 1. The highest BCUT2D eigenvalue weighted by Crippen LogP contribution is 2.26.